The van der Waals surface area contributed by atoms with Gasteiger partial charge in [0.05, 0.1) is 12.3 Å². The van der Waals surface area contributed by atoms with Crippen LogP contribution in [0, 0.1) is 5.82 Å². The molecular weight excluding hydrogens is 343 g/mol. The van der Waals surface area contributed by atoms with Gasteiger partial charge in [-0.05, 0) is 24.3 Å². The Labute approximate surface area is 147 Å². The molecule has 1 aliphatic rings. The number of thioether (sulfide) groups is 1. The van der Waals surface area contributed by atoms with E-state index in [1.165, 1.54) is 17.8 Å². The molecule has 8 heteroatoms. The number of hydrogen-bond donors (Lipinski definition) is 0. The molecule has 4 rings (SSSR count). The summed E-state index contributed by atoms with van der Waals surface area (Å²) in [6, 6.07) is 9.98. The quantitative estimate of drug-likeness (QED) is 0.670. The standard InChI is InChI=1S/C17H13FN4O2S/c18-12-5-1-2-6-13(12)22-15(11-4-3-8-19-10-11)20-21-17(22)25-14-7-9-24-16(14)23/h1-6,8,10,14H,7,9H2/t14-/m1/s1. The lowest BCUT2D eigenvalue weighted by Gasteiger charge is -2.12. The Morgan fingerprint density at radius 2 is 2.08 bits per heavy atom. The third-order valence-corrected chi connectivity index (χ3v) is 4.97. The van der Waals surface area contributed by atoms with Gasteiger partial charge in [0.2, 0.25) is 0 Å². The van der Waals surface area contributed by atoms with Crippen molar-refractivity contribution in [1.29, 1.82) is 0 Å². The Balaban J connectivity index is 1.83. The molecular formula is C17H13FN4O2S. The highest BCUT2D eigenvalue weighted by atomic mass is 32.2. The van der Waals surface area contributed by atoms with Crippen LogP contribution in [-0.4, -0.2) is 37.6 Å². The molecule has 0 spiro atoms. The first-order chi connectivity index (χ1) is 12.2. The third-order valence-electron chi connectivity index (χ3n) is 3.78. The van der Waals surface area contributed by atoms with Crippen LogP contribution in [-0.2, 0) is 9.53 Å². The molecule has 6 nitrogen and oxygen atoms in total. The maximum absolute atomic E-state index is 14.4. The monoisotopic (exact) mass is 356 g/mol. The minimum absolute atomic E-state index is 0.281. The van der Waals surface area contributed by atoms with Crippen LogP contribution >= 0.6 is 11.8 Å². The molecule has 2 aromatic heterocycles. The normalized spacial score (nSPS) is 16.8. The fraction of sp³-hybridized carbons (Fsp3) is 0.176. The van der Waals surface area contributed by atoms with E-state index in [2.05, 4.69) is 15.2 Å². The van der Waals surface area contributed by atoms with E-state index in [1.54, 1.807) is 41.2 Å². The fourth-order valence-electron chi connectivity index (χ4n) is 2.59. The van der Waals surface area contributed by atoms with Crippen molar-refractivity contribution in [2.24, 2.45) is 0 Å². The molecule has 25 heavy (non-hydrogen) atoms. The highest BCUT2D eigenvalue weighted by Crippen LogP contribution is 2.33. The molecule has 126 valence electrons. The number of nitrogens with zero attached hydrogens (tertiary/aromatic N) is 4. The first-order valence-corrected chi connectivity index (χ1v) is 8.56. The number of carbonyl (C=O) groups excluding carboxylic acids is 1. The summed E-state index contributed by atoms with van der Waals surface area (Å²) in [4.78, 5) is 15.9. The van der Waals surface area contributed by atoms with E-state index in [0.717, 1.165) is 0 Å². The number of para-hydroxylation sites is 1. The van der Waals surface area contributed by atoms with Crippen LogP contribution in [0.2, 0.25) is 0 Å². The lowest BCUT2D eigenvalue weighted by atomic mass is 10.2. The Morgan fingerprint density at radius 1 is 1.20 bits per heavy atom. The first kappa shape index (κ1) is 15.8. The van der Waals surface area contributed by atoms with Crippen molar-refractivity contribution in [2.45, 2.75) is 16.8 Å². The predicted octanol–water partition coefficient (Wildman–Crippen LogP) is 2.88. The van der Waals surface area contributed by atoms with Gasteiger partial charge in [0.15, 0.2) is 11.0 Å². The summed E-state index contributed by atoms with van der Waals surface area (Å²) in [5.74, 6) is -0.216. The van der Waals surface area contributed by atoms with Crippen LogP contribution < -0.4 is 0 Å². The van der Waals surface area contributed by atoms with Gasteiger partial charge in [-0.2, -0.15) is 0 Å². The molecule has 1 atom stereocenters. The molecule has 3 aromatic rings. The second-order valence-corrected chi connectivity index (χ2v) is 6.57. The number of carbonyl (C=O) groups is 1. The van der Waals surface area contributed by atoms with E-state index in [0.29, 0.717) is 35.3 Å². The van der Waals surface area contributed by atoms with Crippen LogP contribution in [0.3, 0.4) is 0 Å². The number of hydrogen-bond acceptors (Lipinski definition) is 6. The fourth-order valence-corrected chi connectivity index (χ4v) is 3.60. The lowest BCUT2D eigenvalue weighted by molar-refractivity contribution is -0.137. The van der Waals surface area contributed by atoms with Crippen molar-refractivity contribution in [3.05, 3.63) is 54.6 Å². The smallest absolute Gasteiger partial charge is 0.319 e. The molecule has 0 N–H and O–H groups in total. The zero-order chi connectivity index (χ0) is 17.2. The Bertz CT molecular complexity index is 916. The Kier molecular flexibility index (Phi) is 4.19. The van der Waals surface area contributed by atoms with Crippen molar-refractivity contribution in [1.82, 2.24) is 19.7 Å². The van der Waals surface area contributed by atoms with Crippen molar-refractivity contribution in [2.75, 3.05) is 6.61 Å². The van der Waals surface area contributed by atoms with Gasteiger partial charge < -0.3 is 4.74 Å². The molecule has 0 aliphatic carbocycles. The third kappa shape index (κ3) is 3.00. The maximum atomic E-state index is 14.4. The van der Waals surface area contributed by atoms with E-state index >= 15 is 0 Å². The van der Waals surface area contributed by atoms with Crippen LogP contribution in [0.4, 0.5) is 4.39 Å². The summed E-state index contributed by atoms with van der Waals surface area (Å²) >= 11 is 1.23. The van der Waals surface area contributed by atoms with Crippen molar-refractivity contribution < 1.29 is 13.9 Å². The van der Waals surface area contributed by atoms with E-state index < -0.39 is 5.82 Å². The second-order valence-electron chi connectivity index (χ2n) is 5.40. The Hall–Kier alpha value is -2.74. The van der Waals surface area contributed by atoms with E-state index in [4.69, 9.17) is 4.74 Å². The van der Waals surface area contributed by atoms with Gasteiger partial charge in [0.1, 0.15) is 11.1 Å². The number of halogens is 1. The average Bonchev–Trinajstić information content (AvgIpc) is 3.23. The molecule has 1 aliphatic heterocycles. The van der Waals surface area contributed by atoms with Crippen molar-refractivity contribution in [3.63, 3.8) is 0 Å². The van der Waals surface area contributed by atoms with Crippen molar-refractivity contribution in [3.8, 4) is 17.1 Å². The van der Waals surface area contributed by atoms with Crippen molar-refractivity contribution >= 4 is 17.7 Å². The van der Waals surface area contributed by atoms with E-state index in [1.807, 2.05) is 6.07 Å². The lowest BCUT2D eigenvalue weighted by Crippen LogP contribution is -2.11. The molecule has 0 radical (unpaired) electrons. The van der Waals surface area contributed by atoms with Crippen LogP contribution in [0.15, 0.2) is 53.9 Å². The maximum Gasteiger partial charge on any atom is 0.319 e. The highest BCUT2D eigenvalue weighted by molar-refractivity contribution is 8.00. The van der Waals surface area contributed by atoms with Gasteiger partial charge in [-0.3, -0.25) is 14.3 Å². The molecule has 0 bridgehead atoms. The van der Waals surface area contributed by atoms with Gasteiger partial charge in [0.25, 0.3) is 0 Å². The summed E-state index contributed by atoms with van der Waals surface area (Å²) in [7, 11) is 0. The van der Waals surface area contributed by atoms with E-state index in [9.17, 15) is 9.18 Å². The molecule has 1 saturated heterocycles. The van der Waals surface area contributed by atoms with Crippen LogP contribution in [0.5, 0.6) is 0 Å². The summed E-state index contributed by atoms with van der Waals surface area (Å²) in [6.07, 6.45) is 3.88. The average molecular weight is 356 g/mol. The van der Waals surface area contributed by atoms with Crippen LogP contribution in [0.1, 0.15) is 6.42 Å². The number of pyridine rings is 1. The molecule has 0 amide bonds. The summed E-state index contributed by atoms with van der Waals surface area (Å²) in [6.45, 7) is 0.389. The molecule has 0 saturated carbocycles. The van der Waals surface area contributed by atoms with Gasteiger partial charge >= 0.3 is 5.97 Å². The number of cyclic esters (lactones) is 1. The van der Waals surface area contributed by atoms with Gasteiger partial charge in [-0.25, -0.2) is 4.39 Å². The topological polar surface area (TPSA) is 69.9 Å². The largest absolute Gasteiger partial charge is 0.465 e. The number of esters is 1. The van der Waals surface area contributed by atoms with Gasteiger partial charge in [-0.1, -0.05) is 23.9 Å². The number of rotatable bonds is 4. The highest BCUT2D eigenvalue weighted by Gasteiger charge is 2.30. The number of benzene rings is 1. The molecule has 1 fully saturated rings. The predicted molar refractivity (Wildman–Crippen MR) is 89.8 cm³/mol. The second kappa shape index (κ2) is 6.64. The van der Waals surface area contributed by atoms with Gasteiger partial charge in [-0.15, -0.1) is 10.2 Å². The minimum Gasteiger partial charge on any atom is -0.465 e. The first-order valence-electron chi connectivity index (χ1n) is 7.68. The number of aromatic nitrogens is 4. The summed E-state index contributed by atoms with van der Waals surface area (Å²) in [5, 5.41) is 8.46. The zero-order valence-corrected chi connectivity index (χ0v) is 13.8. The minimum atomic E-state index is -0.400. The molecule has 1 aromatic carbocycles. The number of ether oxygens (including phenoxy) is 1. The van der Waals surface area contributed by atoms with Gasteiger partial charge in [0, 0.05) is 24.4 Å². The molecule has 3 heterocycles. The summed E-state index contributed by atoms with van der Waals surface area (Å²) in [5.41, 5.74) is 1.03. The Morgan fingerprint density at radius 3 is 2.80 bits per heavy atom. The zero-order valence-electron chi connectivity index (χ0n) is 13.0. The SMILES string of the molecule is O=C1OCC[C@H]1Sc1nnc(-c2cccnc2)n1-c1ccccc1F. The van der Waals surface area contributed by atoms with E-state index in [-0.39, 0.29) is 11.2 Å². The summed E-state index contributed by atoms with van der Waals surface area (Å²) < 4.78 is 21.0. The van der Waals surface area contributed by atoms with Crippen LogP contribution in [0.25, 0.3) is 17.1 Å². The molecule has 0 unspecified atom stereocenters.